The second-order valence-corrected chi connectivity index (χ2v) is 3.41. The number of rotatable bonds is 1. The standard InChI is InChI=1S/C9H14N4/c1-6-8(9(10)13-12-6)7-2-4-11-5-3-7/h2-6,8-9,12-13H,10H2,1H3. The molecule has 0 aliphatic carbocycles. The van der Waals surface area contributed by atoms with Crippen LogP contribution in [0.4, 0.5) is 0 Å². The first-order chi connectivity index (χ1) is 6.29. The van der Waals surface area contributed by atoms with Crippen molar-refractivity contribution >= 4 is 0 Å². The second-order valence-electron chi connectivity index (χ2n) is 3.41. The summed E-state index contributed by atoms with van der Waals surface area (Å²) >= 11 is 0. The van der Waals surface area contributed by atoms with E-state index in [-0.39, 0.29) is 6.17 Å². The monoisotopic (exact) mass is 178 g/mol. The topological polar surface area (TPSA) is 63.0 Å². The van der Waals surface area contributed by atoms with Gasteiger partial charge in [-0.25, -0.2) is 5.43 Å². The number of hydrogen-bond acceptors (Lipinski definition) is 4. The molecule has 2 heterocycles. The quantitative estimate of drug-likeness (QED) is 0.564. The lowest BCUT2D eigenvalue weighted by atomic mass is 9.93. The van der Waals surface area contributed by atoms with E-state index in [2.05, 4.69) is 22.8 Å². The summed E-state index contributed by atoms with van der Waals surface area (Å²) in [5.41, 5.74) is 13.3. The van der Waals surface area contributed by atoms with Gasteiger partial charge in [-0.15, -0.1) is 0 Å². The van der Waals surface area contributed by atoms with E-state index in [0.717, 1.165) is 0 Å². The Balaban J connectivity index is 2.25. The fraction of sp³-hybridized carbons (Fsp3) is 0.444. The van der Waals surface area contributed by atoms with Gasteiger partial charge in [-0.1, -0.05) is 0 Å². The van der Waals surface area contributed by atoms with Gasteiger partial charge in [-0.05, 0) is 24.6 Å². The molecule has 3 unspecified atom stereocenters. The zero-order chi connectivity index (χ0) is 9.26. The molecule has 70 valence electrons. The molecule has 4 heteroatoms. The summed E-state index contributed by atoms with van der Waals surface area (Å²) in [6.45, 7) is 2.12. The minimum Gasteiger partial charge on any atom is -0.314 e. The van der Waals surface area contributed by atoms with Gasteiger partial charge in [0.2, 0.25) is 0 Å². The Labute approximate surface area is 77.5 Å². The summed E-state index contributed by atoms with van der Waals surface area (Å²) in [4.78, 5) is 3.99. The molecule has 1 aromatic heterocycles. The summed E-state index contributed by atoms with van der Waals surface area (Å²) in [5, 5.41) is 0. The zero-order valence-corrected chi connectivity index (χ0v) is 7.57. The van der Waals surface area contributed by atoms with Crippen LogP contribution >= 0.6 is 0 Å². The van der Waals surface area contributed by atoms with E-state index < -0.39 is 0 Å². The maximum atomic E-state index is 5.91. The van der Waals surface area contributed by atoms with Crippen LogP contribution in [0.3, 0.4) is 0 Å². The molecule has 0 amide bonds. The molecule has 1 aliphatic rings. The van der Waals surface area contributed by atoms with E-state index in [1.807, 2.05) is 12.1 Å². The van der Waals surface area contributed by atoms with E-state index in [1.165, 1.54) is 5.56 Å². The molecule has 0 spiro atoms. The van der Waals surface area contributed by atoms with Crippen LogP contribution < -0.4 is 16.6 Å². The summed E-state index contributed by atoms with van der Waals surface area (Å²) in [5.74, 6) is 0.322. The summed E-state index contributed by atoms with van der Waals surface area (Å²) in [6, 6.07) is 4.38. The molecular formula is C9H14N4. The van der Waals surface area contributed by atoms with Crippen LogP contribution in [0.2, 0.25) is 0 Å². The Morgan fingerprint density at radius 1 is 1.31 bits per heavy atom. The van der Waals surface area contributed by atoms with Crippen LogP contribution in [0.5, 0.6) is 0 Å². The first kappa shape index (κ1) is 8.62. The molecule has 0 aromatic carbocycles. The van der Waals surface area contributed by atoms with Gasteiger partial charge in [0.1, 0.15) is 0 Å². The third-order valence-electron chi connectivity index (χ3n) is 2.49. The highest BCUT2D eigenvalue weighted by Crippen LogP contribution is 2.23. The third kappa shape index (κ3) is 1.56. The molecular weight excluding hydrogens is 164 g/mol. The molecule has 1 aliphatic heterocycles. The molecule has 13 heavy (non-hydrogen) atoms. The Kier molecular flexibility index (Phi) is 2.26. The number of nitrogens with zero attached hydrogens (tertiary/aromatic N) is 1. The Bertz CT molecular complexity index is 264. The van der Waals surface area contributed by atoms with Crippen molar-refractivity contribution in [2.24, 2.45) is 5.73 Å². The molecule has 0 radical (unpaired) electrons. The number of nitrogens with one attached hydrogen (secondary N) is 2. The number of nitrogens with two attached hydrogens (primary N) is 1. The van der Waals surface area contributed by atoms with Gasteiger partial charge in [0.05, 0.1) is 6.17 Å². The van der Waals surface area contributed by atoms with Crippen molar-refractivity contribution in [3.8, 4) is 0 Å². The molecule has 4 N–H and O–H groups in total. The van der Waals surface area contributed by atoms with Gasteiger partial charge in [0.15, 0.2) is 0 Å². The van der Waals surface area contributed by atoms with Crippen LogP contribution in [-0.4, -0.2) is 17.2 Å². The third-order valence-corrected chi connectivity index (χ3v) is 2.49. The molecule has 2 rings (SSSR count). The van der Waals surface area contributed by atoms with Crippen LogP contribution in [0.25, 0.3) is 0 Å². The van der Waals surface area contributed by atoms with E-state index in [4.69, 9.17) is 5.73 Å². The molecule has 1 fully saturated rings. The lowest BCUT2D eigenvalue weighted by Crippen LogP contribution is -2.38. The lowest BCUT2D eigenvalue weighted by molar-refractivity contribution is 0.546. The number of hydrogen-bond donors (Lipinski definition) is 3. The molecule has 1 saturated heterocycles. The molecule has 4 nitrogen and oxygen atoms in total. The molecule has 0 saturated carbocycles. The average Bonchev–Trinajstić information content (AvgIpc) is 2.48. The van der Waals surface area contributed by atoms with Crippen LogP contribution in [0.15, 0.2) is 24.5 Å². The van der Waals surface area contributed by atoms with Crippen molar-refractivity contribution in [2.45, 2.75) is 25.0 Å². The summed E-state index contributed by atoms with van der Waals surface area (Å²) in [6.07, 6.45) is 3.58. The van der Waals surface area contributed by atoms with Gasteiger partial charge in [0.25, 0.3) is 0 Å². The van der Waals surface area contributed by atoms with Crippen molar-refractivity contribution in [1.29, 1.82) is 0 Å². The number of aromatic nitrogens is 1. The van der Waals surface area contributed by atoms with Crippen molar-refractivity contribution in [3.05, 3.63) is 30.1 Å². The highest BCUT2D eigenvalue weighted by Gasteiger charge is 2.31. The van der Waals surface area contributed by atoms with Gasteiger partial charge >= 0.3 is 0 Å². The first-order valence-corrected chi connectivity index (χ1v) is 4.45. The summed E-state index contributed by atoms with van der Waals surface area (Å²) in [7, 11) is 0. The van der Waals surface area contributed by atoms with E-state index in [1.54, 1.807) is 12.4 Å². The van der Waals surface area contributed by atoms with Crippen molar-refractivity contribution in [2.75, 3.05) is 0 Å². The molecule has 1 aromatic rings. The second kappa shape index (κ2) is 3.41. The van der Waals surface area contributed by atoms with Crippen LogP contribution in [0, 0.1) is 0 Å². The highest BCUT2D eigenvalue weighted by atomic mass is 15.4. The Hall–Kier alpha value is -0.970. The normalized spacial score (nSPS) is 33.5. The largest absolute Gasteiger partial charge is 0.314 e. The van der Waals surface area contributed by atoms with Gasteiger partial charge in [0, 0.05) is 24.4 Å². The number of pyridine rings is 1. The van der Waals surface area contributed by atoms with Gasteiger partial charge < -0.3 is 5.73 Å². The lowest BCUT2D eigenvalue weighted by Gasteiger charge is -2.17. The smallest absolute Gasteiger partial charge is 0.0764 e. The summed E-state index contributed by atoms with van der Waals surface area (Å²) < 4.78 is 0. The minimum absolute atomic E-state index is 0.0163. The van der Waals surface area contributed by atoms with Crippen molar-refractivity contribution < 1.29 is 0 Å². The minimum atomic E-state index is -0.0163. The van der Waals surface area contributed by atoms with Gasteiger partial charge in [-0.2, -0.15) is 0 Å². The average molecular weight is 178 g/mol. The first-order valence-electron chi connectivity index (χ1n) is 4.45. The van der Waals surface area contributed by atoms with Crippen LogP contribution in [0.1, 0.15) is 18.4 Å². The van der Waals surface area contributed by atoms with E-state index in [0.29, 0.717) is 12.0 Å². The zero-order valence-electron chi connectivity index (χ0n) is 7.57. The molecule has 0 bridgehead atoms. The maximum absolute atomic E-state index is 5.91. The predicted octanol–water partition coefficient (Wildman–Crippen LogP) is -0.0537. The Morgan fingerprint density at radius 2 is 2.00 bits per heavy atom. The van der Waals surface area contributed by atoms with E-state index >= 15 is 0 Å². The maximum Gasteiger partial charge on any atom is 0.0764 e. The fourth-order valence-corrected chi connectivity index (χ4v) is 1.80. The highest BCUT2D eigenvalue weighted by molar-refractivity contribution is 5.21. The van der Waals surface area contributed by atoms with Crippen molar-refractivity contribution in [1.82, 2.24) is 15.8 Å². The predicted molar refractivity (Wildman–Crippen MR) is 50.7 cm³/mol. The Morgan fingerprint density at radius 3 is 2.54 bits per heavy atom. The van der Waals surface area contributed by atoms with Crippen LogP contribution in [-0.2, 0) is 0 Å². The number of hydrazine groups is 1. The van der Waals surface area contributed by atoms with E-state index in [9.17, 15) is 0 Å². The van der Waals surface area contributed by atoms with Gasteiger partial charge in [-0.3, -0.25) is 10.4 Å². The SMILES string of the molecule is CC1NNC(N)C1c1ccncc1. The molecule has 3 atom stereocenters. The fourth-order valence-electron chi connectivity index (χ4n) is 1.80. The van der Waals surface area contributed by atoms with Crippen molar-refractivity contribution in [3.63, 3.8) is 0 Å².